The third-order valence-electron chi connectivity index (χ3n) is 3.47. The van der Waals surface area contributed by atoms with Crippen molar-refractivity contribution in [2.24, 2.45) is 0 Å². The van der Waals surface area contributed by atoms with Crippen LogP contribution in [0.4, 0.5) is 0 Å². The highest BCUT2D eigenvalue weighted by atomic mass is 16.5. The molecule has 0 spiro atoms. The molecule has 0 aliphatic rings. The van der Waals surface area contributed by atoms with Gasteiger partial charge < -0.3 is 19.5 Å². The maximum atomic E-state index is 12.3. The molecule has 0 aliphatic carbocycles. The molecule has 5 heteroatoms. The van der Waals surface area contributed by atoms with E-state index < -0.39 is 0 Å². The van der Waals surface area contributed by atoms with Crippen LogP contribution < -0.4 is 14.8 Å². The monoisotopic (exact) mass is 329 g/mol. The van der Waals surface area contributed by atoms with Gasteiger partial charge in [0, 0.05) is 24.3 Å². The molecular weight excluding hydrogens is 306 g/mol. The minimum absolute atomic E-state index is 0.0615. The van der Waals surface area contributed by atoms with Crippen LogP contribution in [0.5, 0.6) is 11.5 Å². The second kappa shape index (κ2) is 8.93. The number of methoxy groups -OCH3 is 2. The fourth-order valence-electron chi connectivity index (χ4n) is 2.31. The van der Waals surface area contributed by atoms with Gasteiger partial charge in [0.05, 0.1) is 13.7 Å². The first-order valence-corrected chi connectivity index (χ1v) is 7.78. The van der Waals surface area contributed by atoms with E-state index in [4.69, 9.17) is 14.2 Å². The van der Waals surface area contributed by atoms with Crippen molar-refractivity contribution >= 4 is 5.91 Å². The summed E-state index contributed by atoms with van der Waals surface area (Å²) in [4.78, 5) is 12.3. The van der Waals surface area contributed by atoms with Crippen LogP contribution in [0.1, 0.15) is 22.8 Å². The van der Waals surface area contributed by atoms with Crippen molar-refractivity contribution in [2.75, 3.05) is 20.8 Å². The van der Waals surface area contributed by atoms with E-state index in [2.05, 4.69) is 5.32 Å². The number of carbonyl (C=O) groups is 1. The minimum Gasteiger partial charge on any atom is -0.496 e. The van der Waals surface area contributed by atoms with E-state index in [0.717, 1.165) is 11.3 Å². The number of nitrogens with one attached hydrogen (secondary N) is 1. The highest BCUT2D eigenvalue weighted by Gasteiger charge is 2.13. The van der Waals surface area contributed by atoms with Gasteiger partial charge in [-0.3, -0.25) is 4.79 Å². The van der Waals surface area contributed by atoms with Crippen molar-refractivity contribution in [1.82, 2.24) is 5.32 Å². The fourth-order valence-corrected chi connectivity index (χ4v) is 2.31. The Labute approximate surface area is 142 Å². The number of hydrogen-bond acceptors (Lipinski definition) is 4. The molecule has 5 nitrogen and oxygen atoms in total. The number of ether oxygens (including phenoxy) is 3. The quantitative estimate of drug-likeness (QED) is 0.809. The highest BCUT2D eigenvalue weighted by molar-refractivity contribution is 5.94. The normalized spacial score (nSPS) is 11.6. The molecule has 0 radical (unpaired) electrons. The fraction of sp³-hybridized carbons (Fsp3) is 0.316. The molecule has 24 heavy (non-hydrogen) atoms. The van der Waals surface area contributed by atoms with Crippen LogP contribution >= 0.6 is 0 Å². The Kier molecular flexibility index (Phi) is 6.63. The van der Waals surface area contributed by atoms with Gasteiger partial charge in [-0.15, -0.1) is 0 Å². The Balaban J connectivity index is 2.10. The third kappa shape index (κ3) is 4.99. The molecule has 0 bridgehead atoms. The van der Waals surface area contributed by atoms with Gasteiger partial charge in [-0.1, -0.05) is 18.2 Å². The molecule has 0 unspecified atom stereocenters. The van der Waals surface area contributed by atoms with Crippen LogP contribution in [0.2, 0.25) is 0 Å². The van der Waals surface area contributed by atoms with Crippen LogP contribution in [0.25, 0.3) is 0 Å². The summed E-state index contributed by atoms with van der Waals surface area (Å²) in [7, 11) is 3.21. The zero-order valence-electron chi connectivity index (χ0n) is 14.2. The van der Waals surface area contributed by atoms with Crippen molar-refractivity contribution in [3.05, 3.63) is 59.7 Å². The summed E-state index contributed by atoms with van der Waals surface area (Å²) in [6, 6.07) is 14.8. The molecule has 1 amide bonds. The van der Waals surface area contributed by atoms with Crippen molar-refractivity contribution in [3.8, 4) is 11.5 Å². The smallest absolute Gasteiger partial charge is 0.251 e. The molecule has 0 aliphatic heterocycles. The molecule has 0 heterocycles. The molecular formula is C19H23NO4. The molecule has 1 atom stereocenters. The Morgan fingerprint density at radius 2 is 1.88 bits per heavy atom. The maximum Gasteiger partial charge on any atom is 0.251 e. The molecule has 2 aromatic rings. The van der Waals surface area contributed by atoms with Gasteiger partial charge in [-0.25, -0.2) is 0 Å². The van der Waals surface area contributed by atoms with E-state index in [1.165, 1.54) is 0 Å². The van der Waals surface area contributed by atoms with Crippen molar-refractivity contribution in [2.45, 2.75) is 19.6 Å². The van der Waals surface area contributed by atoms with Gasteiger partial charge >= 0.3 is 0 Å². The van der Waals surface area contributed by atoms with Crippen LogP contribution in [0.3, 0.4) is 0 Å². The van der Waals surface area contributed by atoms with E-state index in [-0.39, 0.29) is 11.9 Å². The number of para-hydroxylation sites is 1. The van der Waals surface area contributed by atoms with Crippen molar-refractivity contribution < 1.29 is 19.0 Å². The largest absolute Gasteiger partial charge is 0.496 e. The Bertz CT molecular complexity index is 658. The second-order valence-corrected chi connectivity index (χ2v) is 5.46. The summed E-state index contributed by atoms with van der Waals surface area (Å²) < 4.78 is 16.1. The van der Waals surface area contributed by atoms with Gasteiger partial charge in [0.15, 0.2) is 0 Å². The summed E-state index contributed by atoms with van der Waals surface area (Å²) in [5.41, 5.74) is 1.37. The summed E-state index contributed by atoms with van der Waals surface area (Å²) >= 11 is 0. The molecule has 0 fully saturated rings. The lowest BCUT2D eigenvalue weighted by Crippen LogP contribution is -2.35. The predicted molar refractivity (Wildman–Crippen MR) is 92.6 cm³/mol. The first-order valence-electron chi connectivity index (χ1n) is 7.78. The lowest BCUT2D eigenvalue weighted by Gasteiger charge is -2.15. The number of rotatable bonds is 8. The molecule has 0 saturated carbocycles. The number of hydrogen-bond donors (Lipinski definition) is 1. The van der Waals surface area contributed by atoms with Crippen LogP contribution in [-0.4, -0.2) is 32.8 Å². The van der Waals surface area contributed by atoms with Crippen LogP contribution in [0, 0.1) is 0 Å². The molecule has 2 rings (SSSR count). The van der Waals surface area contributed by atoms with E-state index in [1.807, 2.05) is 37.3 Å². The zero-order valence-corrected chi connectivity index (χ0v) is 14.2. The lowest BCUT2D eigenvalue weighted by molar-refractivity contribution is 0.0905. The van der Waals surface area contributed by atoms with Gasteiger partial charge in [0.25, 0.3) is 5.91 Å². The van der Waals surface area contributed by atoms with Crippen molar-refractivity contribution in [3.63, 3.8) is 0 Å². The summed E-state index contributed by atoms with van der Waals surface area (Å²) in [6.45, 7) is 2.68. The third-order valence-corrected chi connectivity index (χ3v) is 3.47. The van der Waals surface area contributed by atoms with Crippen molar-refractivity contribution in [1.29, 1.82) is 0 Å². The Morgan fingerprint density at radius 1 is 1.12 bits per heavy atom. The average Bonchev–Trinajstić information content (AvgIpc) is 2.60. The molecule has 2 aromatic carbocycles. The van der Waals surface area contributed by atoms with Crippen LogP contribution in [-0.2, 0) is 11.3 Å². The van der Waals surface area contributed by atoms with E-state index in [0.29, 0.717) is 24.5 Å². The summed E-state index contributed by atoms with van der Waals surface area (Å²) in [5.74, 6) is 1.30. The van der Waals surface area contributed by atoms with Crippen LogP contribution in [0.15, 0.2) is 48.5 Å². The molecule has 1 N–H and O–H groups in total. The zero-order chi connectivity index (χ0) is 17.4. The Morgan fingerprint density at radius 3 is 2.54 bits per heavy atom. The minimum atomic E-state index is -0.150. The number of benzene rings is 2. The Hall–Kier alpha value is -2.53. The topological polar surface area (TPSA) is 56.8 Å². The van der Waals surface area contributed by atoms with Gasteiger partial charge in [0.1, 0.15) is 18.1 Å². The molecule has 0 aromatic heterocycles. The summed E-state index contributed by atoms with van der Waals surface area (Å²) in [5, 5.41) is 2.89. The molecule has 0 saturated heterocycles. The maximum absolute atomic E-state index is 12.3. The first-order chi connectivity index (χ1) is 11.6. The SMILES string of the molecule is COC[C@@H](C)NC(=O)c1ccc(OC)c(COc2ccccc2)c1. The van der Waals surface area contributed by atoms with Gasteiger partial charge in [0.2, 0.25) is 0 Å². The summed E-state index contributed by atoms with van der Waals surface area (Å²) in [6.07, 6.45) is 0. The van der Waals surface area contributed by atoms with E-state index >= 15 is 0 Å². The van der Waals surface area contributed by atoms with E-state index in [9.17, 15) is 4.79 Å². The highest BCUT2D eigenvalue weighted by Crippen LogP contribution is 2.22. The lowest BCUT2D eigenvalue weighted by atomic mass is 10.1. The standard InChI is InChI=1S/C19H23NO4/c1-14(12-22-2)20-19(21)15-9-10-18(23-3)16(11-15)13-24-17-7-5-4-6-8-17/h4-11,14H,12-13H2,1-3H3,(H,20,21)/t14-/m1/s1. The van der Waals surface area contributed by atoms with Gasteiger partial charge in [-0.2, -0.15) is 0 Å². The first kappa shape index (κ1) is 17.8. The number of carbonyl (C=O) groups excluding carboxylic acids is 1. The van der Waals surface area contributed by atoms with Gasteiger partial charge in [-0.05, 0) is 37.3 Å². The average molecular weight is 329 g/mol. The second-order valence-electron chi connectivity index (χ2n) is 5.46. The predicted octanol–water partition coefficient (Wildman–Crippen LogP) is 3.04. The van der Waals surface area contributed by atoms with E-state index in [1.54, 1.807) is 32.4 Å². The molecule has 128 valence electrons. The number of amides is 1.